The van der Waals surface area contributed by atoms with Crippen molar-refractivity contribution in [1.82, 2.24) is 15.1 Å². The molecule has 0 aliphatic carbocycles. The number of rotatable bonds is 7. The van der Waals surface area contributed by atoms with Crippen LogP contribution in [0, 0.1) is 25.2 Å². The lowest BCUT2D eigenvalue weighted by atomic mass is 9.71. The maximum atomic E-state index is 14.0. The van der Waals surface area contributed by atoms with Gasteiger partial charge in [-0.05, 0) is 50.6 Å². The summed E-state index contributed by atoms with van der Waals surface area (Å²) in [4.78, 5) is 18.3. The Morgan fingerprint density at radius 2 is 1.40 bits per heavy atom. The number of phenolic OH excluding ortho intramolecular Hbond substituents is 2. The number of nitrogens with zero attached hydrogens (tertiary/aromatic N) is 3. The lowest BCUT2D eigenvalue weighted by Crippen LogP contribution is -2.68. The predicted octanol–water partition coefficient (Wildman–Crippen LogP) is 5.10. The third kappa shape index (κ3) is 4.66. The standard InChI is InChI=1S/C39H42N4O7/c1-19-35(47-4)24-16-27-32-31-25(36(48-5)20(2)38(50-7)34(31)45)15-26(42(32)3)28(17-40)43(27)29(30(24)33(44)37(19)49-6)18-41-39(46)23-14-10-12-21-11-8-9-13-22(21)23/h8-14,26-29,32,44-45H,15-16,18H2,1-7H3,(H,41,46)/t26-,27-,28-,29-,32-/m0/s1. The van der Waals surface area contributed by atoms with Gasteiger partial charge < -0.3 is 34.5 Å². The lowest BCUT2D eigenvalue weighted by molar-refractivity contribution is -0.0724. The van der Waals surface area contributed by atoms with Gasteiger partial charge in [-0.2, -0.15) is 5.26 Å². The number of aromatic hydroxyl groups is 2. The number of likely N-dealkylation sites (N-methyl/N-ethyl adjacent to an activating group) is 1. The fourth-order valence-corrected chi connectivity index (χ4v) is 9.12. The Bertz CT molecular complexity index is 2070. The summed E-state index contributed by atoms with van der Waals surface area (Å²) in [5, 5.41) is 39.7. The molecule has 4 aromatic rings. The minimum absolute atomic E-state index is 0.0405. The van der Waals surface area contributed by atoms with Gasteiger partial charge in [-0.3, -0.25) is 14.6 Å². The number of phenols is 2. The molecule has 4 aromatic carbocycles. The predicted molar refractivity (Wildman–Crippen MR) is 188 cm³/mol. The van der Waals surface area contributed by atoms with Crippen LogP contribution in [-0.2, 0) is 12.8 Å². The molecule has 260 valence electrons. The molecule has 1 amide bonds. The van der Waals surface area contributed by atoms with Crippen LogP contribution in [0.25, 0.3) is 10.8 Å². The van der Waals surface area contributed by atoms with Crippen LogP contribution in [0.15, 0.2) is 42.5 Å². The van der Waals surface area contributed by atoms with E-state index in [-0.39, 0.29) is 35.7 Å². The highest BCUT2D eigenvalue weighted by Gasteiger charge is 2.57. The number of benzene rings is 4. The summed E-state index contributed by atoms with van der Waals surface area (Å²) in [6.07, 6.45) is 0.807. The second-order valence-electron chi connectivity index (χ2n) is 13.3. The average molecular weight is 679 g/mol. The number of ether oxygens (including phenoxy) is 4. The number of hydrogen-bond donors (Lipinski definition) is 3. The van der Waals surface area contributed by atoms with Crippen LogP contribution in [0.1, 0.15) is 55.8 Å². The van der Waals surface area contributed by atoms with E-state index in [0.29, 0.717) is 57.9 Å². The van der Waals surface area contributed by atoms with Gasteiger partial charge in [-0.25, -0.2) is 0 Å². The van der Waals surface area contributed by atoms with Gasteiger partial charge in [-0.1, -0.05) is 36.4 Å². The zero-order valence-corrected chi connectivity index (χ0v) is 29.3. The highest BCUT2D eigenvalue weighted by Crippen LogP contribution is 2.58. The first kappa shape index (κ1) is 33.3. The number of hydrogen-bond acceptors (Lipinski definition) is 10. The molecule has 5 atom stereocenters. The molecule has 1 saturated heterocycles. The fourth-order valence-electron chi connectivity index (χ4n) is 9.12. The molecule has 0 radical (unpaired) electrons. The Kier molecular flexibility index (Phi) is 8.40. The lowest BCUT2D eigenvalue weighted by Gasteiger charge is -2.60. The molecule has 11 heteroatoms. The molecule has 0 aromatic heterocycles. The van der Waals surface area contributed by atoms with Crippen molar-refractivity contribution in [2.45, 2.75) is 56.9 Å². The van der Waals surface area contributed by atoms with E-state index in [1.807, 2.05) is 57.3 Å². The summed E-state index contributed by atoms with van der Waals surface area (Å²) in [5.41, 5.74) is 4.70. The van der Waals surface area contributed by atoms with Crippen molar-refractivity contribution in [3.05, 3.63) is 81.4 Å². The molecule has 3 N–H and O–H groups in total. The normalized spacial score (nSPS) is 22.5. The number of carbonyl (C=O) groups excluding carboxylic acids is 1. The minimum atomic E-state index is -0.660. The van der Waals surface area contributed by atoms with E-state index in [1.54, 1.807) is 20.3 Å². The van der Waals surface area contributed by atoms with E-state index >= 15 is 0 Å². The van der Waals surface area contributed by atoms with Gasteiger partial charge in [0.15, 0.2) is 23.0 Å². The Morgan fingerprint density at radius 1 is 0.840 bits per heavy atom. The maximum Gasteiger partial charge on any atom is 0.251 e. The Hall–Kier alpha value is -5.18. The Labute approximate surface area is 291 Å². The maximum absolute atomic E-state index is 14.0. The van der Waals surface area contributed by atoms with E-state index in [2.05, 4.69) is 21.2 Å². The smallest absolute Gasteiger partial charge is 0.251 e. The number of fused-ring (bicyclic) bond motifs is 8. The molecule has 0 spiro atoms. The van der Waals surface area contributed by atoms with Crippen LogP contribution in [0.4, 0.5) is 0 Å². The van der Waals surface area contributed by atoms with Crippen molar-refractivity contribution >= 4 is 16.7 Å². The summed E-state index contributed by atoms with van der Waals surface area (Å²) in [6, 6.07) is 13.5. The van der Waals surface area contributed by atoms with Crippen molar-refractivity contribution in [3.8, 4) is 40.6 Å². The van der Waals surface area contributed by atoms with Crippen LogP contribution < -0.4 is 24.3 Å². The molecular formula is C39H42N4O7. The van der Waals surface area contributed by atoms with Crippen LogP contribution in [0.3, 0.4) is 0 Å². The number of piperazine rings is 1. The summed E-state index contributed by atoms with van der Waals surface area (Å²) >= 11 is 0. The first-order valence-electron chi connectivity index (χ1n) is 16.7. The van der Waals surface area contributed by atoms with Gasteiger partial charge in [0.2, 0.25) is 0 Å². The molecule has 7 rings (SSSR count). The van der Waals surface area contributed by atoms with Gasteiger partial charge in [0, 0.05) is 57.6 Å². The van der Waals surface area contributed by atoms with Crippen LogP contribution in [0.5, 0.6) is 34.5 Å². The fraction of sp³-hybridized carbons (Fsp3) is 0.385. The van der Waals surface area contributed by atoms with Crippen molar-refractivity contribution < 1.29 is 34.0 Å². The van der Waals surface area contributed by atoms with Gasteiger partial charge in [0.25, 0.3) is 5.91 Å². The van der Waals surface area contributed by atoms with Crippen LogP contribution in [-0.4, -0.2) is 86.1 Å². The SMILES string of the molecule is COc1c(C)c(OC)c2c(c1O)[C@@H]1[C@@H]3Cc4c(OC)c(C)c(OC)c(O)c4[C@H](CNC(=O)c4cccc5ccccc45)N3[C@@H](C#N)[C@H](C2)N1C. The molecular weight excluding hydrogens is 636 g/mol. The molecule has 0 saturated carbocycles. The largest absolute Gasteiger partial charge is 0.504 e. The number of methoxy groups -OCH3 is 4. The number of nitriles is 1. The number of nitrogens with one attached hydrogen (secondary N) is 1. The first-order valence-corrected chi connectivity index (χ1v) is 16.7. The molecule has 3 aliphatic rings. The second kappa shape index (κ2) is 12.6. The van der Waals surface area contributed by atoms with E-state index in [0.717, 1.165) is 21.9 Å². The topological polar surface area (TPSA) is 137 Å². The molecule has 50 heavy (non-hydrogen) atoms. The van der Waals surface area contributed by atoms with Crippen molar-refractivity contribution in [2.24, 2.45) is 0 Å². The van der Waals surface area contributed by atoms with E-state index in [9.17, 15) is 20.3 Å². The van der Waals surface area contributed by atoms with Crippen LogP contribution >= 0.6 is 0 Å². The summed E-state index contributed by atoms with van der Waals surface area (Å²) < 4.78 is 23.4. The summed E-state index contributed by atoms with van der Waals surface area (Å²) in [7, 11) is 8.20. The summed E-state index contributed by atoms with van der Waals surface area (Å²) in [6.45, 7) is 3.77. The van der Waals surface area contributed by atoms with E-state index in [1.165, 1.54) is 14.2 Å². The Morgan fingerprint density at radius 3 is 2.02 bits per heavy atom. The van der Waals surface area contributed by atoms with E-state index in [4.69, 9.17) is 18.9 Å². The quantitative estimate of drug-likeness (QED) is 0.242. The third-order valence-electron chi connectivity index (χ3n) is 11.2. The molecule has 1 fully saturated rings. The average Bonchev–Trinajstić information content (AvgIpc) is 3.11. The molecule has 11 nitrogen and oxygen atoms in total. The van der Waals surface area contributed by atoms with Gasteiger partial charge in [0.05, 0.1) is 46.6 Å². The third-order valence-corrected chi connectivity index (χ3v) is 11.2. The second-order valence-corrected chi connectivity index (χ2v) is 13.3. The number of amides is 1. The summed E-state index contributed by atoms with van der Waals surface area (Å²) in [5.74, 6) is 1.54. The minimum Gasteiger partial charge on any atom is -0.504 e. The van der Waals surface area contributed by atoms with Gasteiger partial charge in [-0.15, -0.1) is 0 Å². The monoisotopic (exact) mass is 678 g/mol. The Balaban J connectivity index is 1.43. The zero-order valence-electron chi connectivity index (χ0n) is 29.3. The molecule has 3 heterocycles. The number of carbonyl (C=O) groups is 1. The van der Waals surface area contributed by atoms with Gasteiger partial charge in [0.1, 0.15) is 17.5 Å². The van der Waals surface area contributed by atoms with E-state index < -0.39 is 24.2 Å². The van der Waals surface area contributed by atoms with Crippen molar-refractivity contribution in [2.75, 3.05) is 42.0 Å². The van der Waals surface area contributed by atoms with Crippen LogP contribution in [0.2, 0.25) is 0 Å². The molecule has 2 bridgehead atoms. The van der Waals surface area contributed by atoms with Crippen molar-refractivity contribution in [3.63, 3.8) is 0 Å². The zero-order chi connectivity index (χ0) is 35.6. The molecule has 3 aliphatic heterocycles. The highest BCUT2D eigenvalue weighted by atomic mass is 16.5. The van der Waals surface area contributed by atoms with Crippen molar-refractivity contribution in [1.29, 1.82) is 5.26 Å². The highest BCUT2D eigenvalue weighted by molar-refractivity contribution is 6.07. The first-order chi connectivity index (χ1) is 24.1. The molecule has 0 unspecified atom stereocenters. The van der Waals surface area contributed by atoms with Gasteiger partial charge >= 0.3 is 0 Å².